The standard InChI is InChI=1S/C9H18N2O/c1-9(2,3)6-10-8(12)11-7-4-5-7/h7H,4-6H2,1-3H3,(H2,10,11,12). The number of carbonyl (C=O) groups is 1. The molecule has 1 aliphatic carbocycles. The molecule has 2 N–H and O–H groups in total. The fourth-order valence-corrected chi connectivity index (χ4v) is 0.810. The van der Waals surface area contributed by atoms with Gasteiger partial charge in [0.25, 0.3) is 0 Å². The lowest BCUT2D eigenvalue weighted by Crippen LogP contribution is -2.40. The molecular formula is C9H18N2O. The second-order valence-electron chi connectivity index (χ2n) is 4.66. The van der Waals surface area contributed by atoms with Crippen molar-refractivity contribution in [2.45, 2.75) is 39.7 Å². The van der Waals surface area contributed by atoms with Gasteiger partial charge in [0.15, 0.2) is 0 Å². The second kappa shape index (κ2) is 3.33. The summed E-state index contributed by atoms with van der Waals surface area (Å²) in [5.41, 5.74) is 0.168. The molecular weight excluding hydrogens is 152 g/mol. The van der Waals surface area contributed by atoms with Crippen molar-refractivity contribution in [3.63, 3.8) is 0 Å². The fraction of sp³-hybridized carbons (Fsp3) is 0.889. The number of rotatable bonds is 2. The predicted molar refractivity (Wildman–Crippen MR) is 49.0 cm³/mol. The normalized spacial score (nSPS) is 17.2. The van der Waals surface area contributed by atoms with Crippen LogP contribution >= 0.6 is 0 Å². The van der Waals surface area contributed by atoms with Crippen LogP contribution in [-0.2, 0) is 0 Å². The van der Waals surface area contributed by atoms with E-state index in [4.69, 9.17) is 0 Å². The van der Waals surface area contributed by atoms with Gasteiger partial charge >= 0.3 is 6.03 Å². The maximum atomic E-state index is 11.1. The van der Waals surface area contributed by atoms with Gasteiger partial charge < -0.3 is 10.6 Å². The van der Waals surface area contributed by atoms with Crippen LogP contribution in [0.2, 0.25) is 0 Å². The molecule has 0 aromatic heterocycles. The molecule has 0 atom stereocenters. The minimum atomic E-state index is -0.0209. The Hall–Kier alpha value is -0.730. The van der Waals surface area contributed by atoms with Crippen LogP contribution in [0, 0.1) is 5.41 Å². The van der Waals surface area contributed by atoms with E-state index in [1.165, 1.54) is 0 Å². The fourth-order valence-electron chi connectivity index (χ4n) is 0.810. The number of carbonyl (C=O) groups excluding carboxylic acids is 1. The van der Waals surface area contributed by atoms with E-state index in [1.54, 1.807) is 0 Å². The van der Waals surface area contributed by atoms with Crippen LogP contribution < -0.4 is 10.6 Å². The maximum absolute atomic E-state index is 11.1. The summed E-state index contributed by atoms with van der Waals surface area (Å²) in [4.78, 5) is 11.1. The van der Waals surface area contributed by atoms with E-state index in [0.29, 0.717) is 6.04 Å². The van der Waals surface area contributed by atoms with Crippen LogP contribution in [-0.4, -0.2) is 18.6 Å². The highest BCUT2D eigenvalue weighted by Crippen LogP contribution is 2.18. The molecule has 0 aromatic rings. The quantitative estimate of drug-likeness (QED) is 0.647. The largest absolute Gasteiger partial charge is 0.338 e. The SMILES string of the molecule is CC(C)(C)CNC(=O)NC1CC1. The molecule has 2 amide bonds. The van der Waals surface area contributed by atoms with Gasteiger partial charge in [0.05, 0.1) is 0 Å². The lowest BCUT2D eigenvalue weighted by atomic mass is 9.97. The minimum absolute atomic E-state index is 0.0209. The summed E-state index contributed by atoms with van der Waals surface area (Å²) in [7, 11) is 0. The van der Waals surface area contributed by atoms with E-state index in [0.717, 1.165) is 19.4 Å². The Bertz CT molecular complexity index is 168. The van der Waals surface area contributed by atoms with Crippen LogP contribution in [0.25, 0.3) is 0 Å². The van der Waals surface area contributed by atoms with E-state index in [1.807, 2.05) is 0 Å². The highest BCUT2D eigenvalue weighted by atomic mass is 16.2. The first-order chi connectivity index (χ1) is 5.47. The Morgan fingerprint density at radius 2 is 2.00 bits per heavy atom. The van der Waals surface area contributed by atoms with Gasteiger partial charge in [0, 0.05) is 12.6 Å². The van der Waals surface area contributed by atoms with E-state index >= 15 is 0 Å². The predicted octanol–water partition coefficient (Wildman–Crippen LogP) is 1.49. The van der Waals surface area contributed by atoms with Crippen molar-refractivity contribution in [1.29, 1.82) is 0 Å². The van der Waals surface area contributed by atoms with Crippen molar-refractivity contribution in [1.82, 2.24) is 10.6 Å². The highest BCUT2D eigenvalue weighted by molar-refractivity contribution is 5.74. The van der Waals surface area contributed by atoms with Gasteiger partial charge in [0.2, 0.25) is 0 Å². The molecule has 0 bridgehead atoms. The van der Waals surface area contributed by atoms with Crippen molar-refractivity contribution >= 4 is 6.03 Å². The van der Waals surface area contributed by atoms with Gasteiger partial charge in [-0.2, -0.15) is 0 Å². The van der Waals surface area contributed by atoms with Gasteiger partial charge in [-0.3, -0.25) is 0 Å². The summed E-state index contributed by atoms with van der Waals surface area (Å²) in [6.07, 6.45) is 2.28. The molecule has 0 saturated heterocycles. The van der Waals surface area contributed by atoms with Crippen LogP contribution in [0.1, 0.15) is 33.6 Å². The zero-order valence-electron chi connectivity index (χ0n) is 8.11. The second-order valence-corrected chi connectivity index (χ2v) is 4.66. The zero-order valence-corrected chi connectivity index (χ0v) is 8.11. The number of urea groups is 1. The summed E-state index contributed by atoms with van der Waals surface area (Å²) >= 11 is 0. The number of hydrogen-bond acceptors (Lipinski definition) is 1. The van der Waals surface area contributed by atoms with Crippen LogP contribution in [0.3, 0.4) is 0 Å². The van der Waals surface area contributed by atoms with E-state index < -0.39 is 0 Å². The number of nitrogens with one attached hydrogen (secondary N) is 2. The summed E-state index contributed by atoms with van der Waals surface area (Å²) in [5, 5.41) is 5.72. The molecule has 70 valence electrons. The maximum Gasteiger partial charge on any atom is 0.315 e. The molecule has 1 aliphatic rings. The Morgan fingerprint density at radius 3 is 2.42 bits per heavy atom. The van der Waals surface area contributed by atoms with Gasteiger partial charge in [-0.25, -0.2) is 4.79 Å². The average molecular weight is 170 g/mol. The Kier molecular flexibility index (Phi) is 2.60. The van der Waals surface area contributed by atoms with Crippen LogP contribution in [0.15, 0.2) is 0 Å². The van der Waals surface area contributed by atoms with Gasteiger partial charge in [-0.05, 0) is 18.3 Å². The molecule has 0 aliphatic heterocycles. The smallest absolute Gasteiger partial charge is 0.315 e. The first-order valence-electron chi connectivity index (χ1n) is 4.52. The first-order valence-corrected chi connectivity index (χ1v) is 4.52. The monoisotopic (exact) mass is 170 g/mol. The minimum Gasteiger partial charge on any atom is -0.338 e. The Morgan fingerprint density at radius 1 is 1.42 bits per heavy atom. The average Bonchev–Trinajstić information content (AvgIpc) is 2.66. The molecule has 0 heterocycles. The van der Waals surface area contributed by atoms with Crippen molar-refractivity contribution in [2.24, 2.45) is 5.41 Å². The summed E-state index contributed by atoms with van der Waals surface area (Å²) < 4.78 is 0. The molecule has 3 nitrogen and oxygen atoms in total. The topological polar surface area (TPSA) is 41.1 Å². The molecule has 12 heavy (non-hydrogen) atoms. The Balaban J connectivity index is 2.09. The van der Waals surface area contributed by atoms with Crippen molar-refractivity contribution in [3.8, 4) is 0 Å². The van der Waals surface area contributed by atoms with E-state index in [-0.39, 0.29) is 11.4 Å². The van der Waals surface area contributed by atoms with Crippen molar-refractivity contribution < 1.29 is 4.79 Å². The summed E-state index contributed by atoms with van der Waals surface area (Å²) in [6.45, 7) is 7.03. The summed E-state index contributed by atoms with van der Waals surface area (Å²) in [5.74, 6) is 0. The zero-order chi connectivity index (χ0) is 9.19. The number of amides is 2. The molecule has 0 radical (unpaired) electrons. The van der Waals surface area contributed by atoms with Gasteiger partial charge in [0.1, 0.15) is 0 Å². The van der Waals surface area contributed by atoms with Gasteiger partial charge in [-0.15, -0.1) is 0 Å². The molecule has 1 rings (SSSR count). The third-order valence-electron chi connectivity index (χ3n) is 1.69. The molecule has 0 aromatic carbocycles. The van der Waals surface area contributed by atoms with Crippen LogP contribution in [0.5, 0.6) is 0 Å². The van der Waals surface area contributed by atoms with Crippen LogP contribution in [0.4, 0.5) is 4.79 Å². The molecule has 1 saturated carbocycles. The molecule has 1 fully saturated rings. The van der Waals surface area contributed by atoms with E-state index in [2.05, 4.69) is 31.4 Å². The lowest BCUT2D eigenvalue weighted by molar-refractivity contribution is 0.235. The first kappa shape index (κ1) is 9.36. The lowest BCUT2D eigenvalue weighted by Gasteiger charge is -2.18. The van der Waals surface area contributed by atoms with E-state index in [9.17, 15) is 4.79 Å². The van der Waals surface area contributed by atoms with Crippen molar-refractivity contribution in [2.75, 3.05) is 6.54 Å². The summed E-state index contributed by atoms with van der Waals surface area (Å²) in [6, 6.07) is 0.428. The third-order valence-corrected chi connectivity index (χ3v) is 1.69. The van der Waals surface area contributed by atoms with Gasteiger partial charge in [-0.1, -0.05) is 20.8 Å². The third kappa shape index (κ3) is 4.21. The Labute approximate surface area is 73.9 Å². The highest BCUT2D eigenvalue weighted by Gasteiger charge is 2.23. The number of hydrogen-bond donors (Lipinski definition) is 2. The molecule has 0 unspecified atom stereocenters. The molecule has 3 heteroatoms. The van der Waals surface area contributed by atoms with Crippen molar-refractivity contribution in [3.05, 3.63) is 0 Å². The molecule has 0 spiro atoms.